The molecule has 102 valence electrons. The minimum atomic E-state index is -0.0627. The van der Waals surface area contributed by atoms with Crippen LogP contribution in [-0.2, 0) is 0 Å². The number of benzene rings is 1. The van der Waals surface area contributed by atoms with Crippen molar-refractivity contribution in [1.29, 1.82) is 0 Å². The molecule has 0 radical (unpaired) electrons. The van der Waals surface area contributed by atoms with Gasteiger partial charge in [-0.3, -0.25) is 4.79 Å². The highest BCUT2D eigenvalue weighted by Crippen LogP contribution is 2.17. The van der Waals surface area contributed by atoms with Crippen molar-refractivity contribution < 1.29 is 0 Å². The molecular formula is C15H9N3OS2. The SMILES string of the molecule is O=c1/c(=C/c2cccs2)sc2nnc(-c3ccccc3)n12. The first kappa shape index (κ1) is 12.4. The van der Waals surface area contributed by atoms with Crippen molar-refractivity contribution in [2.24, 2.45) is 0 Å². The lowest BCUT2D eigenvalue weighted by atomic mass is 10.2. The third kappa shape index (κ3) is 2.09. The molecule has 1 aromatic carbocycles. The zero-order valence-corrected chi connectivity index (χ0v) is 12.4. The lowest BCUT2D eigenvalue weighted by Crippen LogP contribution is -2.23. The first-order valence-electron chi connectivity index (χ1n) is 6.31. The van der Waals surface area contributed by atoms with Gasteiger partial charge in [0.25, 0.3) is 5.56 Å². The van der Waals surface area contributed by atoms with Crippen LogP contribution < -0.4 is 10.1 Å². The van der Waals surface area contributed by atoms with Gasteiger partial charge in [0.2, 0.25) is 4.96 Å². The van der Waals surface area contributed by atoms with E-state index in [-0.39, 0.29) is 5.56 Å². The van der Waals surface area contributed by atoms with Gasteiger partial charge in [-0.05, 0) is 17.5 Å². The monoisotopic (exact) mass is 311 g/mol. The Kier molecular flexibility index (Phi) is 2.90. The van der Waals surface area contributed by atoms with E-state index in [1.165, 1.54) is 11.3 Å². The summed E-state index contributed by atoms with van der Waals surface area (Å²) in [6, 6.07) is 13.6. The average molecular weight is 311 g/mol. The molecule has 0 aliphatic rings. The van der Waals surface area contributed by atoms with Gasteiger partial charge in [-0.1, -0.05) is 47.7 Å². The predicted molar refractivity (Wildman–Crippen MR) is 85.7 cm³/mol. The first-order chi connectivity index (χ1) is 10.3. The molecule has 0 fully saturated rings. The van der Waals surface area contributed by atoms with Gasteiger partial charge in [0, 0.05) is 10.4 Å². The Morgan fingerprint density at radius 1 is 1.05 bits per heavy atom. The van der Waals surface area contributed by atoms with Crippen LogP contribution in [0.3, 0.4) is 0 Å². The van der Waals surface area contributed by atoms with Crippen LogP contribution in [-0.4, -0.2) is 14.6 Å². The maximum atomic E-state index is 12.6. The summed E-state index contributed by atoms with van der Waals surface area (Å²) in [5.74, 6) is 0.595. The summed E-state index contributed by atoms with van der Waals surface area (Å²) >= 11 is 2.97. The van der Waals surface area contributed by atoms with Crippen molar-refractivity contribution >= 4 is 33.7 Å². The summed E-state index contributed by atoms with van der Waals surface area (Å²) < 4.78 is 2.26. The molecule has 4 rings (SSSR count). The molecule has 3 aromatic heterocycles. The Labute approximate surface area is 127 Å². The van der Waals surface area contributed by atoms with Crippen LogP contribution >= 0.6 is 22.7 Å². The molecule has 0 bridgehead atoms. The summed E-state index contributed by atoms with van der Waals surface area (Å²) in [4.78, 5) is 14.3. The van der Waals surface area contributed by atoms with Gasteiger partial charge in [0.05, 0.1) is 4.53 Å². The normalized spacial score (nSPS) is 12.3. The molecule has 0 aliphatic carbocycles. The van der Waals surface area contributed by atoms with E-state index in [1.54, 1.807) is 15.7 Å². The van der Waals surface area contributed by atoms with E-state index in [0.717, 1.165) is 10.4 Å². The molecule has 21 heavy (non-hydrogen) atoms. The molecule has 4 aromatic rings. The largest absolute Gasteiger partial charge is 0.276 e. The van der Waals surface area contributed by atoms with Crippen LogP contribution in [0, 0.1) is 0 Å². The van der Waals surface area contributed by atoms with E-state index in [4.69, 9.17) is 0 Å². The van der Waals surface area contributed by atoms with Crippen molar-refractivity contribution in [1.82, 2.24) is 14.6 Å². The van der Waals surface area contributed by atoms with Gasteiger partial charge in [-0.25, -0.2) is 4.40 Å². The summed E-state index contributed by atoms with van der Waals surface area (Å²) in [5, 5.41) is 10.2. The Bertz CT molecular complexity index is 1000. The van der Waals surface area contributed by atoms with Gasteiger partial charge in [0.1, 0.15) is 0 Å². The third-order valence-corrected chi connectivity index (χ3v) is 4.88. The van der Waals surface area contributed by atoms with Crippen molar-refractivity contribution in [2.75, 3.05) is 0 Å². The second-order valence-corrected chi connectivity index (χ2v) is 6.43. The van der Waals surface area contributed by atoms with E-state index < -0.39 is 0 Å². The third-order valence-electron chi connectivity index (χ3n) is 3.10. The standard InChI is InChI=1S/C15H9N3OS2/c19-14-12(9-11-7-4-8-20-11)21-15-17-16-13(18(14)15)10-5-2-1-3-6-10/h1-9H/b12-9-. The number of aromatic nitrogens is 3. The van der Waals surface area contributed by atoms with Crippen molar-refractivity contribution in [2.45, 2.75) is 0 Å². The minimum absolute atomic E-state index is 0.0627. The Morgan fingerprint density at radius 2 is 1.90 bits per heavy atom. The van der Waals surface area contributed by atoms with E-state index in [2.05, 4.69) is 10.2 Å². The van der Waals surface area contributed by atoms with E-state index in [9.17, 15) is 4.79 Å². The van der Waals surface area contributed by atoms with Gasteiger partial charge < -0.3 is 0 Å². The second-order valence-electron chi connectivity index (χ2n) is 4.44. The number of thiazole rings is 1. The molecule has 0 saturated heterocycles. The number of thiophene rings is 1. The Balaban J connectivity index is 1.98. The summed E-state index contributed by atoms with van der Waals surface area (Å²) in [6.45, 7) is 0. The fourth-order valence-electron chi connectivity index (χ4n) is 2.14. The molecule has 0 aliphatic heterocycles. The molecule has 0 amide bonds. The highest BCUT2D eigenvalue weighted by molar-refractivity contribution is 7.15. The summed E-state index contributed by atoms with van der Waals surface area (Å²) in [5.41, 5.74) is 0.829. The topological polar surface area (TPSA) is 47.3 Å². The average Bonchev–Trinajstić information content (AvgIpc) is 3.21. The van der Waals surface area contributed by atoms with Crippen molar-refractivity contribution in [3.63, 3.8) is 0 Å². The summed E-state index contributed by atoms with van der Waals surface area (Å²) in [7, 11) is 0. The highest BCUT2D eigenvalue weighted by atomic mass is 32.1. The van der Waals surface area contributed by atoms with Crippen LogP contribution in [0.25, 0.3) is 22.4 Å². The molecule has 0 N–H and O–H groups in total. The molecule has 0 saturated carbocycles. The fourth-order valence-corrected chi connectivity index (χ4v) is 3.77. The molecule has 4 nitrogen and oxygen atoms in total. The van der Waals surface area contributed by atoms with Gasteiger partial charge in [-0.15, -0.1) is 21.5 Å². The highest BCUT2D eigenvalue weighted by Gasteiger charge is 2.13. The molecule has 0 atom stereocenters. The molecule has 0 unspecified atom stereocenters. The maximum absolute atomic E-state index is 12.6. The number of nitrogens with zero attached hydrogens (tertiary/aromatic N) is 3. The number of hydrogen-bond donors (Lipinski definition) is 0. The molecular weight excluding hydrogens is 302 g/mol. The first-order valence-corrected chi connectivity index (χ1v) is 8.01. The Hall–Kier alpha value is -2.31. The predicted octanol–water partition coefficient (Wildman–Crippen LogP) is 2.43. The fraction of sp³-hybridized carbons (Fsp3) is 0. The van der Waals surface area contributed by atoms with E-state index in [1.807, 2.05) is 53.9 Å². The quantitative estimate of drug-likeness (QED) is 0.571. The smallest absolute Gasteiger partial charge is 0.267 e. The second kappa shape index (κ2) is 4.91. The lowest BCUT2D eigenvalue weighted by Gasteiger charge is -1.94. The minimum Gasteiger partial charge on any atom is -0.267 e. The summed E-state index contributed by atoms with van der Waals surface area (Å²) in [6.07, 6.45) is 1.90. The molecule has 0 spiro atoms. The number of rotatable bonds is 2. The Morgan fingerprint density at radius 3 is 2.67 bits per heavy atom. The van der Waals surface area contributed by atoms with Crippen molar-refractivity contribution in [3.8, 4) is 11.4 Å². The molecule has 3 heterocycles. The van der Waals surface area contributed by atoms with Crippen molar-refractivity contribution in [3.05, 3.63) is 67.6 Å². The molecule has 6 heteroatoms. The number of hydrogen-bond acceptors (Lipinski definition) is 5. The zero-order chi connectivity index (χ0) is 14.2. The van der Waals surface area contributed by atoms with Crippen LogP contribution in [0.15, 0.2) is 52.6 Å². The zero-order valence-electron chi connectivity index (χ0n) is 10.8. The van der Waals surface area contributed by atoms with Crippen LogP contribution in [0.4, 0.5) is 0 Å². The van der Waals surface area contributed by atoms with Gasteiger partial charge in [-0.2, -0.15) is 0 Å². The van der Waals surface area contributed by atoms with Crippen LogP contribution in [0.1, 0.15) is 4.88 Å². The van der Waals surface area contributed by atoms with E-state index >= 15 is 0 Å². The number of fused-ring (bicyclic) bond motifs is 1. The maximum Gasteiger partial charge on any atom is 0.276 e. The van der Waals surface area contributed by atoms with Gasteiger partial charge >= 0.3 is 0 Å². The van der Waals surface area contributed by atoms with Crippen LogP contribution in [0.5, 0.6) is 0 Å². The van der Waals surface area contributed by atoms with Gasteiger partial charge in [0.15, 0.2) is 5.82 Å². The lowest BCUT2D eigenvalue weighted by molar-refractivity contribution is 1.09. The van der Waals surface area contributed by atoms with Crippen LogP contribution in [0.2, 0.25) is 0 Å². The van der Waals surface area contributed by atoms with E-state index in [0.29, 0.717) is 15.3 Å².